The maximum atomic E-state index is 5.70. The Kier molecular flexibility index (Phi) is 5.23. The molecule has 1 N–H and O–H groups in total. The van der Waals surface area contributed by atoms with Crippen LogP contribution in [0, 0.1) is 6.92 Å². The van der Waals surface area contributed by atoms with Crippen LogP contribution in [-0.4, -0.2) is 30.2 Å². The first-order valence-electron chi connectivity index (χ1n) is 7.94. The normalized spacial score (nSPS) is 10.8. The van der Waals surface area contributed by atoms with Crippen molar-refractivity contribution in [3.05, 3.63) is 59.8 Å². The highest BCUT2D eigenvalue weighted by Gasteiger charge is 2.04. The maximum absolute atomic E-state index is 5.70. The SMILES string of the molecule is COc1cccc(COCCNc2nc3ccccc3nc2C)c1. The molecule has 0 unspecified atom stereocenters. The molecule has 0 radical (unpaired) electrons. The zero-order valence-electron chi connectivity index (χ0n) is 14.0. The molecule has 1 heterocycles. The quantitative estimate of drug-likeness (QED) is 0.674. The van der Waals surface area contributed by atoms with Crippen molar-refractivity contribution in [1.29, 1.82) is 0 Å². The fraction of sp³-hybridized carbons (Fsp3) is 0.263. The number of nitrogens with one attached hydrogen (secondary N) is 1. The number of fused-ring (bicyclic) bond motifs is 1. The average Bonchev–Trinajstić information content (AvgIpc) is 2.62. The van der Waals surface area contributed by atoms with E-state index in [-0.39, 0.29) is 0 Å². The second kappa shape index (κ2) is 7.75. The van der Waals surface area contributed by atoms with Crippen LogP contribution in [-0.2, 0) is 11.3 Å². The van der Waals surface area contributed by atoms with Crippen molar-refractivity contribution in [2.45, 2.75) is 13.5 Å². The first-order chi connectivity index (χ1) is 11.8. The summed E-state index contributed by atoms with van der Waals surface area (Å²) in [7, 11) is 1.66. The van der Waals surface area contributed by atoms with Crippen molar-refractivity contribution in [1.82, 2.24) is 9.97 Å². The van der Waals surface area contributed by atoms with Crippen molar-refractivity contribution in [3.63, 3.8) is 0 Å². The second-order valence-corrected chi connectivity index (χ2v) is 5.48. The van der Waals surface area contributed by atoms with E-state index in [0.717, 1.165) is 33.9 Å². The molecule has 0 fully saturated rings. The number of aryl methyl sites for hydroxylation is 1. The summed E-state index contributed by atoms with van der Waals surface area (Å²) >= 11 is 0. The lowest BCUT2D eigenvalue weighted by atomic mass is 10.2. The Bertz CT molecular complexity index is 821. The first kappa shape index (κ1) is 16.2. The van der Waals surface area contributed by atoms with Crippen LogP contribution in [0.15, 0.2) is 48.5 Å². The highest BCUT2D eigenvalue weighted by Crippen LogP contribution is 2.16. The maximum Gasteiger partial charge on any atom is 0.148 e. The van der Waals surface area contributed by atoms with E-state index in [1.54, 1.807) is 7.11 Å². The molecule has 5 nitrogen and oxygen atoms in total. The van der Waals surface area contributed by atoms with Gasteiger partial charge in [-0.3, -0.25) is 0 Å². The summed E-state index contributed by atoms with van der Waals surface area (Å²) in [6.45, 7) is 3.78. The van der Waals surface area contributed by atoms with Crippen LogP contribution in [0.4, 0.5) is 5.82 Å². The van der Waals surface area contributed by atoms with Crippen LogP contribution in [0.25, 0.3) is 11.0 Å². The Labute approximate surface area is 141 Å². The number of benzene rings is 2. The number of ether oxygens (including phenoxy) is 2. The van der Waals surface area contributed by atoms with Gasteiger partial charge in [0.05, 0.1) is 37.1 Å². The zero-order chi connectivity index (χ0) is 16.8. The predicted octanol–water partition coefficient (Wildman–Crippen LogP) is 3.58. The Morgan fingerprint density at radius 1 is 1.00 bits per heavy atom. The number of nitrogens with zero attached hydrogens (tertiary/aromatic N) is 2. The Morgan fingerprint density at radius 3 is 2.58 bits per heavy atom. The van der Waals surface area contributed by atoms with Crippen LogP contribution < -0.4 is 10.1 Å². The lowest BCUT2D eigenvalue weighted by Crippen LogP contribution is -2.12. The van der Waals surface area contributed by atoms with Gasteiger partial charge >= 0.3 is 0 Å². The van der Waals surface area contributed by atoms with E-state index >= 15 is 0 Å². The van der Waals surface area contributed by atoms with Crippen molar-refractivity contribution < 1.29 is 9.47 Å². The summed E-state index contributed by atoms with van der Waals surface area (Å²) in [6.07, 6.45) is 0. The Balaban J connectivity index is 1.50. The van der Waals surface area contributed by atoms with E-state index in [0.29, 0.717) is 19.8 Å². The van der Waals surface area contributed by atoms with Gasteiger partial charge in [-0.05, 0) is 36.8 Å². The molecule has 0 aliphatic heterocycles. The molecule has 3 rings (SSSR count). The van der Waals surface area contributed by atoms with E-state index in [2.05, 4.69) is 15.3 Å². The van der Waals surface area contributed by atoms with Crippen molar-refractivity contribution >= 4 is 16.9 Å². The monoisotopic (exact) mass is 323 g/mol. The topological polar surface area (TPSA) is 56.3 Å². The molecule has 3 aromatic rings. The third kappa shape index (κ3) is 4.00. The van der Waals surface area contributed by atoms with Crippen LogP contribution in [0.1, 0.15) is 11.3 Å². The summed E-state index contributed by atoms with van der Waals surface area (Å²) < 4.78 is 10.9. The van der Waals surface area contributed by atoms with Crippen LogP contribution in [0.2, 0.25) is 0 Å². The number of hydrogen-bond donors (Lipinski definition) is 1. The Hall–Kier alpha value is -2.66. The van der Waals surface area contributed by atoms with Crippen LogP contribution in [0.3, 0.4) is 0 Å². The smallest absolute Gasteiger partial charge is 0.148 e. The van der Waals surface area contributed by atoms with Gasteiger partial charge in [0, 0.05) is 6.54 Å². The molecule has 0 amide bonds. The van der Waals surface area contributed by atoms with Gasteiger partial charge in [0.2, 0.25) is 0 Å². The molecule has 0 saturated heterocycles. The molecule has 5 heteroatoms. The number of para-hydroxylation sites is 2. The van der Waals surface area contributed by atoms with E-state index in [9.17, 15) is 0 Å². The minimum absolute atomic E-state index is 0.557. The third-order valence-corrected chi connectivity index (χ3v) is 3.69. The fourth-order valence-corrected chi connectivity index (χ4v) is 2.45. The molecule has 0 aliphatic carbocycles. The van der Waals surface area contributed by atoms with Gasteiger partial charge in [0.1, 0.15) is 11.6 Å². The molecule has 1 aromatic heterocycles. The highest BCUT2D eigenvalue weighted by molar-refractivity contribution is 5.76. The number of methoxy groups -OCH3 is 1. The second-order valence-electron chi connectivity index (χ2n) is 5.48. The first-order valence-corrected chi connectivity index (χ1v) is 7.94. The minimum atomic E-state index is 0.557. The third-order valence-electron chi connectivity index (χ3n) is 3.69. The predicted molar refractivity (Wildman–Crippen MR) is 95.4 cm³/mol. The average molecular weight is 323 g/mol. The zero-order valence-corrected chi connectivity index (χ0v) is 14.0. The fourth-order valence-electron chi connectivity index (χ4n) is 2.45. The molecule has 0 bridgehead atoms. The molecular weight excluding hydrogens is 302 g/mol. The van der Waals surface area contributed by atoms with Gasteiger partial charge in [-0.1, -0.05) is 24.3 Å². The van der Waals surface area contributed by atoms with E-state index in [1.807, 2.05) is 55.5 Å². The minimum Gasteiger partial charge on any atom is -0.497 e. The van der Waals surface area contributed by atoms with Gasteiger partial charge in [0.25, 0.3) is 0 Å². The van der Waals surface area contributed by atoms with Gasteiger partial charge in [-0.2, -0.15) is 0 Å². The number of aromatic nitrogens is 2. The van der Waals surface area contributed by atoms with Gasteiger partial charge in [-0.25, -0.2) is 9.97 Å². The van der Waals surface area contributed by atoms with Crippen LogP contribution in [0.5, 0.6) is 5.75 Å². The number of anilines is 1. The summed E-state index contributed by atoms with van der Waals surface area (Å²) in [5.41, 5.74) is 3.79. The van der Waals surface area contributed by atoms with E-state index in [4.69, 9.17) is 9.47 Å². The van der Waals surface area contributed by atoms with Crippen molar-refractivity contribution in [3.8, 4) is 5.75 Å². The van der Waals surface area contributed by atoms with Gasteiger partial charge in [-0.15, -0.1) is 0 Å². The van der Waals surface area contributed by atoms with Gasteiger partial charge < -0.3 is 14.8 Å². The summed E-state index contributed by atoms with van der Waals surface area (Å²) in [5.74, 6) is 1.65. The lowest BCUT2D eigenvalue weighted by Gasteiger charge is -2.10. The molecule has 2 aromatic carbocycles. The number of hydrogen-bond acceptors (Lipinski definition) is 5. The molecule has 0 saturated carbocycles. The van der Waals surface area contributed by atoms with E-state index < -0.39 is 0 Å². The molecule has 0 aliphatic rings. The summed E-state index contributed by atoms with van der Waals surface area (Å²) in [6, 6.07) is 15.8. The molecule has 24 heavy (non-hydrogen) atoms. The summed E-state index contributed by atoms with van der Waals surface area (Å²) in [5, 5.41) is 3.29. The Morgan fingerprint density at radius 2 is 1.79 bits per heavy atom. The molecule has 0 spiro atoms. The van der Waals surface area contributed by atoms with Crippen molar-refractivity contribution in [2.75, 3.05) is 25.6 Å². The van der Waals surface area contributed by atoms with Crippen molar-refractivity contribution in [2.24, 2.45) is 0 Å². The van der Waals surface area contributed by atoms with Crippen LogP contribution >= 0.6 is 0 Å². The molecule has 0 atom stereocenters. The van der Waals surface area contributed by atoms with E-state index in [1.165, 1.54) is 0 Å². The highest BCUT2D eigenvalue weighted by atomic mass is 16.5. The molecule has 124 valence electrons. The number of rotatable bonds is 7. The lowest BCUT2D eigenvalue weighted by molar-refractivity contribution is 0.130. The molecular formula is C19H21N3O2. The standard InChI is InChI=1S/C19H21N3O2/c1-14-19(22-18-9-4-3-8-17(18)21-14)20-10-11-24-13-15-6-5-7-16(12-15)23-2/h3-9,12H,10-11,13H2,1-2H3,(H,20,22). The van der Waals surface area contributed by atoms with Gasteiger partial charge in [0.15, 0.2) is 0 Å². The summed E-state index contributed by atoms with van der Waals surface area (Å²) in [4.78, 5) is 9.17. The largest absolute Gasteiger partial charge is 0.497 e.